The molecular weight excluding hydrogens is 172 g/mol. The third-order valence-corrected chi connectivity index (χ3v) is 1.38. The first kappa shape index (κ1) is 11.2. The van der Waals surface area contributed by atoms with E-state index in [9.17, 15) is 4.79 Å². The van der Waals surface area contributed by atoms with Crippen LogP contribution in [0.5, 0.6) is 0 Å². The van der Waals surface area contributed by atoms with E-state index in [1.54, 1.807) is 25.1 Å². The molecule has 0 atom stereocenters. The minimum atomic E-state index is -0.863. The minimum Gasteiger partial charge on any atom is -0.483 e. The quantitative estimate of drug-likeness (QED) is 0.643. The van der Waals surface area contributed by atoms with Crippen LogP contribution in [0.1, 0.15) is 15.9 Å². The average molecular weight is 182 g/mol. The van der Waals surface area contributed by atoms with E-state index in [-0.39, 0.29) is 6.47 Å². The molecule has 0 heterocycles. The topological polar surface area (TPSA) is 74.6 Å². The molecule has 0 fully saturated rings. The molecule has 13 heavy (non-hydrogen) atoms. The number of carboxylic acids is 1. The second-order valence-corrected chi connectivity index (χ2v) is 2.23. The SMILES string of the molecule is Cc1ccccc1C(=O)O.O=CO. The fraction of sp³-hybridized carbons (Fsp3) is 0.111. The van der Waals surface area contributed by atoms with Gasteiger partial charge in [0.15, 0.2) is 0 Å². The van der Waals surface area contributed by atoms with E-state index in [1.807, 2.05) is 6.07 Å². The van der Waals surface area contributed by atoms with Crippen LogP contribution in [0.15, 0.2) is 24.3 Å². The highest BCUT2D eigenvalue weighted by molar-refractivity contribution is 5.89. The van der Waals surface area contributed by atoms with Gasteiger partial charge in [-0.15, -0.1) is 0 Å². The molecule has 1 rings (SSSR count). The summed E-state index contributed by atoms with van der Waals surface area (Å²) in [5, 5.41) is 15.5. The molecule has 0 aromatic heterocycles. The van der Waals surface area contributed by atoms with Gasteiger partial charge in [0.1, 0.15) is 0 Å². The zero-order valence-electron chi connectivity index (χ0n) is 7.10. The molecule has 0 aliphatic heterocycles. The highest BCUT2D eigenvalue weighted by atomic mass is 16.4. The van der Waals surface area contributed by atoms with Crippen molar-refractivity contribution in [2.75, 3.05) is 0 Å². The van der Waals surface area contributed by atoms with E-state index < -0.39 is 5.97 Å². The molecule has 0 saturated heterocycles. The predicted octanol–water partition coefficient (Wildman–Crippen LogP) is 1.39. The third-order valence-electron chi connectivity index (χ3n) is 1.38. The lowest BCUT2D eigenvalue weighted by Crippen LogP contribution is -1.97. The first-order chi connectivity index (χ1) is 6.13. The van der Waals surface area contributed by atoms with Crippen LogP contribution in [-0.2, 0) is 4.79 Å². The second kappa shape index (κ2) is 5.77. The number of hydrogen-bond donors (Lipinski definition) is 2. The van der Waals surface area contributed by atoms with Crippen LogP contribution in [0, 0.1) is 6.92 Å². The molecule has 0 radical (unpaired) electrons. The largest absolute Gasteiger partial charge is 0.483 e. The van der Waals surface area contributed by atoms with Gasteiger partial charge >= 0.3 is 5.97 Å². The van der Waals surface area contributed by atoms with Gasteiger partial charge < -0.3 is 10.2 Å². The smallest absolute Gasteiger partial charge is 0.335 e. The number of hydrogen-bond acceptors (Lipinski definition) is 2. The van der Waals surface area contributed by atoms with Gasteiger partial charge in [0, 0.05) is 0 Å². The summed E-state index contributed by atoms with van der Waals surface area (Å²) in [6.07, 6.45) is 0. The molecule has 1 aromatic rings. The van der Waals surface area contributed by atoms with Crippen molar-refractivity contribution in [3.8, 4) is 0 Å². The average Bonchev–Trinajstić information content (AvgIpc) is 2.06. The van der Waals surface area contributed by atoms with Crippen molar-refractivity contribution in [2.45, 2.75) is 6.92 Å². The molecule has 0 saturated carbocycles. The molecule has 4 heteroatoms. The first-order valence-electron chi connectivity index (χ1n) is 3.50. The fourth-order valence-corrected chi connectivity index (χ4v) is 0.813. The van der Waals surface area contributed by atoms with Gasteiger partial charge in [-0.25, -0.2) is 4.79 Å². The molecular formula is C9H10O4. The molecule has 1 aromatic carbocycles. The van der Waals surface area contributed by atoms with Gasteiger partial charge in [0.2, 0.25) is 0 Å². The van der Waals surface area contributed by atoms with Crippen LogP contribution >= 0.6 is 0 Å². The molecule has 0 aliphatic carbocycles. The van der Waals surface area contributed by atoms with Crippen LogP contribution in [0.4, 0.5) is 0 Å². The highest BCUT2D eigenvalue weighted by Gasteiger charge is 2.02. The van der Waals surface area contributed by atoms with Crippen LogP contribution < -0.4 is 0 Å². The van der Waals surface area contributed by atoms with E-state index in [0.29, 0.717) is 5.56 Å². The minimum absolute atomic E-state index is 0.250. The van der Waals surface area contributed by atoms with E-state index in [2.05, 4.69) is 0 Å². The Hall–Kier alpha value is -1.84. The summed E-state index contributed by atoms with van der Waals surface area (Å²) < 4.78 is 0. The van der Waals surface area contributed by atoms with Crippen molar-refractivity contribution in [1.29, 1.82) is 0 Å². The molecule has 0 spiro atoms. The molecule has 2 N–H and O–H groups in total. The molecule has 0 amide bonds. The molecule has 0 bridgehead atoms. The van der Waals surface area contributed by atoms with E-state index in [1.165, 1.54) is 0 Å². The van der Waals surface area contributed by atoms with Gasteiger partial charge in [0.25, 0.3) is 6.47 Å². The fourth-order valence-electron chi connectivity index (χ4n) is 0.813. The number of aromatic carboxylic acids is 1. The predicted molar refractivity (Wildman–Crippen MR) is 46.8 cm³/mol. The Kier molecular flexibility index (Phi) is 4.95. The maximum absolute atomic E-state index is 10.4. The van der Waals surface area contributed by atoms with Crippen molar-refractivity contribution < 1.29 is 19.8 Å². The summed E-state index contributed by atoms with van der Waals surface area (Å²) in [4.78, 5) is 18.8. The molecule has 4 nitrogen and oxygen atoms in total. The standard InChI is InChI=1S/C8H8O2.CH2O2/c1-6-4-2-3-5-7(6)8(9)10;2-1-3/h2-5H,1H3,(H,9,10);1H,(H,2,3). The van der Waals surface area contributed by atoms with Crippen molar-refractivity contribution in [2.24, 2.45) is 0 Å². The maximum Gasteiger partial charge on any atom is 0.335 e. The number of carbonyl (C=O) groups is 2. The summed E-state index contributed by atoms with van der Waals surface area (Å²) in [6, 6.07) is 6.92. The lowest BCUT2D eigenvalue weighted by molar-refractivity contribution is -0.122. The Morgan fingerprint density at radius 1 is 1.38 bits per heavy atom. The molecule has 0 unspecified atom stereocenters. The summed E-state index contributed by atoms with van der Waals surface area (Å²) in [7, 11) is 0. The van der Waals surface area contributed by atoms with Crippen LogP contribution in [0.3, 0.4) is 0 Å². The van der Waals surface area contributed by atoms with Crippen molar-refractivity contribution in [1.82, 2.24) is 0 Å². The molecule has 0 aliphatic rings. The first-order valence-corrected chi connectivity index (χ1v) is 3.50. The lowest BCUT2D eigenvalue weighted by Gasteiger charge is -1.96. The number of aryl methyl sites for hydroxylation is 1. The van der Waals surface area contributed by atoms with Gasteiger partial charge in [-0.05, 0) is 18.6 Å². The van der Waals surface area contributed by atoms with Gasteiger partial charge in [-0.1, -0.05) is 18.2 Å². The molecule has 70 valence electrons. The summed E-state index contributed by atoms with van der Waals surface area (Å²) >= 11 is 0. The normalized spacial score (nSPS) is 8.08. The van der Waals surface area contributed by atoms with E-state index >= 15 is 0 Å². The second-order valence-electron chi connectivity index (χ2n) is 2.23. The van der Waals surface area contributed by atoms with Gasteiger partial charge in [-0.2, -0.15) is 0 Å². The Balaban J connectivity index is 0.000000424. The van der Waals surface area contributed by atoms with E-state index in [0.717, 1.165) is 5.56 Å². The van der Waals surface area contributed by atoms with Gasteiger partial charge in [0.05, 0.1) is 5.56 Å². The van der Waals surface area contributed by atoms with Crippen molar-refractivity contribution >= 4 is 12.4 Å². The van der Waals surface area contributed by atoms with Crippen molar-refractivity contribution in [3.05, 3.63) is 35.4 Å². The monoisotopic (exact) mass is 182 g/mol. The Bertz CT molecular complexity index is 293. The summed E-state index contributed by atoms with van der Waals surface area (Å²) in [5.41, 5.74) is 1.18. The zero-order valence-corrected chi connectivity index (χ0v) is 7.10. The highest BCUT2D eigenvalue weighted by Crippen LogP contribution is 2.05. The number of benzene rings is 1. The summed E-state index contributed by atoms with van der Waals surface area (Å²) in [5.74, 6) is -0.863. The summed E-state index contributed by atoms with van der Waals surface area (Å²) in [6.45, 7) is 1.53. The van der Waals surface area contributed by atoms with E-state index in [4.69, 9.17) is 15.0 Å². The Morgan fingerprint density at radius 3 is 2.15 bits per heavy atom. The lowest BCUT2D eigenvalue weighted by atomic mass is 10.1. The third kappa shape index (κ3) is 3.91. The Labute approximate surface area is 75.4 Å². The zero-order chi connectivity index (χ0) is 10.3. The van der Waals surface area contributed by atoms with Crippen LogP contribution in [0.25, 0.3) is 0 Å². The van der Waals surface area contributed by atoms with Gasteiger partial charge in [-0.3, -0.25) is 4.79 Å². The maximum atomic E-state index is 10.4. The van der Waals surface area contributed by atoms with Crippen LogP contribution in [0.2, 0.25) is 0 Å². The number of rotatable bonds is 1. The van der Waals surface area contributed by atoms with Crippen molar-refractivity contribution in [3.63, 3.8) is 0 Å². The number of carboxylic acid groups (broad SMARTS) is 2. The Morgan fingerprint density at radius 2 is 1.85 bits per heavy atom. The van der Waals surface area contributed by atoms with Crippen LogP contribution in [-0.4, -0.2) is 22.7 Å².